The van der Waals surface area contributed by atoms with Crippen LogP contribution in [0.2, 0.25) is 0 Å². The lowest BCUT2D eigenvalue weighted by atomic mass is 10.2. The van der Waals surface area contributed by atoms with Crippen molar-refractivity contribution in [1.29, 1.82) is 0 Å². The van der Waals surface area contributed by atoms with E-state index in [2.05, 4.69) is 4.72 Å². The van der Waals surface area contributed by atoms with Gasteiger partial charge in [-0.3, -0.25) is 19.2 Å². The van der Waals surface area contributed by atoms with E-state index in [9.17, 15) is 18.0 Å². The lowest BCUT2D eigenvalue weighted by molar-refractivity contribution is -0.121. The molecule has 1 fully saturated rings. The Hall–Kier alpha value is -2.67. The lowest BCUT2D eigenvalue weighted by Gasteiger charge is -2.17. The van der Waals surface area contributed by atoms with Crippen LogP contribution < -0.4 is 9.62 Å². The van der Waals surface area contributed by atoms with Gasteiger partial charge in [-0.15, -0.1) is 0 Å². The number of carbonyl (C=O) groups is 2. The molecule has 0 saturated carbocycles. The van der Waals surface area contributed by atoms with Gasteiger partial charge in [0.2, 0.25) is 11.8 Å². The zero-order valence-corrected chi connectivity index (χ0v) is 14.8. The third kappa shape index (κ3) is 3.41. The lowest BCUT2D eigenvalue weighted by Crippen LogP contribution is -2.29. The van der Waals surface area contributed by atoms with E-state index >= 15 is 0 Å². The number of hydrogen-bond acceptors (Lipinski definition) is 4. The molecule has 2 aromatic rings. The molecular weight excluding hydrogens is 340 g/mol. The van der Waals surface area contributed by atoms with Crippen molar-refractivity contribution in [3.05, 3.63) is 53.6 Å². The van der Waals surface area contributed by atoms with Crippen LogP contribution in [0.4, 0.5) is 11.4 Å². The fourth-order valence-corrected chi connectivity index (χ4v) is 3.95. The normalized spacial score (nSPS) is 14.9. The quantitative estimate of drug-likeness (QED) is 0.852. The summed E-state index contributed by atoms with van der Waals surface area (Å²) >= 11 is 0. The molecule has 0 unspecified atom stereocenters. The molecule has 0 bridgehead atoms. The van der Waals surface area contributed by atoms with E-state index in [1.807, 2.05) is 13.0 Å². The Kier molecular flexibility index (Phi) is 4.34. The molecule has 2 amide bonds. The summed E-state index contributed by atoms with van der Waals surface area (Å²) in [5.74, 6) is -0.525. The average molecular weight is 358 g/mol. The molecule has 0 aliphatic carbocycles. The number of aryl methyl sites for hydroxylation is 2. The van der Waals surface area contributed by atoms with Gasteiger partial charge < -0.3 is 0 Å². The Morgan fingerprint density at radius 3 is 2.24 bits per heavy atom. The minimum absolute atomic E-state index is 0.0781. The van der Waals surface area contributed by atoms with Gasteiger partial charge in [0.15, 0.2) is 0 Å². The Morgan fingerprint density at radius 1 is 0.960 bits per heavy atom. The van der Waals surface area contributed by atoms with Gasteiger partial charge in [0, 0.05) is 18.5 Å². The highest BCUT2D eigenvalue weighted by molar-refractivity contribution is 7.92. The number of benzene rings is 2. The van der Waals surface area contributed by atoms with Gasteiger partial charge in [-0.2, -0.15) is 0 Å². The van der Waals surface area contributed by atoms with Crippen molar-refractivity contribution < 1.29 is 18.0 Å². The van der Waals surface area contributed by atoms with Crippen molar-refractivity contribution in [1.82, 2.24) is 0 Å². The number of carbonyl (C=O) groups excluding carboxylic acids is 2. The predicted molar refractivity (Wildman–Crippen MR) is 94.9 cm³/mol. The van der Waals surface area contributed by atoms with E-state index in [1.165, 1.54) is 18.2 Å². The fourth-order valence-electron chi connectivity index (χ4n) is 2.81. The van der Waals surface area contributed by atoms with E-state index in [-0.39, 0.29) is 29.6 Å². The van der Waals surface area contributed by atoms with Gasteiger partial charge in [0.1, 0.15) is 0 Å². The SMILES string of the molecule is Cc1cccc(NS(=O)(=O)c2ccc(N3C(=O)CCC3=O)c(C)c2)c1. The van der Waals surface area contributed by atoms with Crippen molar-refractivity contribution in [3.8, 4) is 0 Å². The van der Waals surface area contributed by atoms with Crippen LogP contribution in [0, 0.1) is 13.8 Å². The summed E-state index contributed by atoms with van der Waals surface area (Å²) in [7, 11) is -3.76. The molecule has 3 rings (SSSR count). The first-order valence-corrected chi connectivity index (χ1v) is 9.32. The summed E-state index contributed by atoms with van der Waals surface area (Å²) in [4.78, 5) is 24.9. The third-order valence-corrected chi connectivity index (χ3v) is 5.42. The molecular formula is C18H18N2O4S. The average Bonchev–Trinajstić information content (AvgIpc) is 2.86. The summed E-state index contributed by atoms with van der Waals surface area (Å²) in [6, 6.07) is 11.4. The van der Waals surface area contributed by atoms with E-state index in [0.717, 1.165) is 10.5 Å². The van der Waals surface area contributed by atoms with Gasteiger partial charge in [-0.25, -0.2) is 8.42 Å². The van der Waals surface area contributed by atoms with Gasteiger partial charge in [0.25, 0.3) is 10.0 Å². The van der Waals surface area contributed by atoms with Crippen LogP contribution in [-0.4, -0.2) is 20.2 Å². The summed E-state index contributed by atoms with van der Waals surface area (Å²) in [5.41, 5.74) is 2.40. The number of sulfonamides is 1. The molecule has 1 aliphatic heterocycles. The maximum absolute atomic E-state index is 12.6. The highest BCUT2D eigenvalue weighted by Gasteiger charge is 2.31. The summed E-state index contributed by atoms with van der Waals surface area (Å²) in [5, 5.41) is 0. The number of rotatable bonds is 4. The molecule has 0 aromatic heterocycles. The number of anilines is 2. The Balaban J connectivity index is 1.92. The summed E-state index contributed by atoms with van der Waals surface area (Å²) in [6.45, 7) is 3.56. The minimum atomic E-state index is -3.76. The van der Waals surface area contributed by atoms with Gasteiger partial charge in [0.05, 0.1) is 10.6 Å². The topological polar surface area (TPSA) is 83.6 Å². The zero-order chi connectivity index (χ0) is 18.2. The van der Waals surface area contributed by atoms with Crippen LogP contribution in [-0.2, 0) is 19.6 Å². The molecule has 1 aliphatic rings. The number of hydrogen-bond donors (Lipinski definition) is 1. The second kappa shape index (κ2) is 6.33. The summed E-state index contributed by atoms with van der Waals surface area (Å²) in [6.07, 6.45) is 0.375. The van der Waals surface area contributed by atoms with Crippen LogP contribution in [0.15, 0.2) is 47.4 Å². The smallest absolute Gasteiger partial charge is 0.261 e. The highest BCUT2D eigenvalue weighted by Crippen LogP contribution is 2.28. The molecule has 1 heterocycles. The summed E-state index contributed by atoms with van der Waals surface area (Å²) < 4.78 is 27.7. The molecule has 2 aromatic carbocycles. The molecule has 0 radical (unpaired) electrons. The molecule has 7 heteroatoms. The Morgan fingerprint density at radius 2 is 1.64 bits per heavy atom. The van der Waals surface area contributed by atoms with E-state index in [1.54, 1.807) is 25.1 Å². The monoisotopic (exact) mass is 358 g/mol. The minimum Gasteiger partial charge on any atom is -0.280 e. The van der Waals surface area contributed by atoms with E-state index in [4.69, 9.17) is 0 Å². The van der Waals surface area contributed by atoms with Crippen LogP contribution in [0.1, 0.15) is 24.0 Å². The van der Waals surface area contributed by atoms with Crippen molar-refractivity contribution in [2.45, 2.75) is 31.6 Å². The molecule has 0 spiro atoms. The van der Waals surface area contributed by atoms with Crippen molar-refractivity contribution in [2.75, 3.05) is 9.62 Å². The van der Waals surface area contributed by atoms with Gasteiger partial charge in [-0.05, 0) is 55.3 Å². The van der Waals surface area contributed by atoms with E-state index < -0.39 is 10.0 Å². The Bertz CT molecular complexity index is 951. The second-order valence-electron chi connectivity index (χ2n) is 6.05. The first-order valence-electron chi connectivity index (χ1n) is 7.84. The zero-order valence-electron chi connectivity index (χ0n) is 13.9. The maximum Gasteiger partial charge on any atom is 0.261 e. The van der Waals surface area contributed by atoms with E-state index in [0.29, 0.717) is 16.9 Å². The first-order chi connectivity index (χ1) is 11.8. The molecule has 6 nitrogen and oxygen atoms in total. The third-order valence-electron chi connectivity index (χ3n) is 4.04. The van der Waals surface area contributed by atoms with Crippen molar-refractivity contribution in [2.24, 2.45) is 0 Å². The first kappa shape index (κ1) is 17.2. The van der Waals surface area contributed by atoms with Gasteiger partial charge in [-0.1, -0.05) is 12.1 Å². The fraction of sp³-hybridized carbons (Fsp3) is 0.222. The van der Waals surface area contributed by atoms with Crippen molar-refractivity contribution >= 4 is 33.2 Å². The van der Waals surface area contributed by atoms with Crippen LogP contribution >= 0.6 is 0 Å². The number of nitrogens with one attached hydrogen (secondary N) is 1. The molecule has 1 saturated heterocycles. The van der Waals surface area contributed by atoms with Crippen LogP contribution in [0.25, 0.3) is 0 Å². The molecule has 130 valence electrons. The second-order valence-corrected chi connectivity index (χ2v) is 7.73. The Labute approximate surface area is 146 Å². The number of imide groups is 1. The highest BCUT2D eigenvalue weighted by atomic mass is 32.2. The standard InChI is InChI=1S/C18H18N2O4S/c1-12-4-3-5-14(10-12)19-25(23,24)15-6-7-16(13(2)11-15)20-17(21)8-9-18(20)22/h3-7,10-11,19H,8-9H2,1-2H3. The molecule has 0 atom stereocenters. The predicted octanol–water partition coefficient (Wildman–Crippen LogP) is 2.76. The van der Waals surface area contributed by atoms with Gasteiger partial charge >= 0.3 is 0 Å². The van der Waals surface area contributed by atoms with Crippen LogP contribution in [0.3, 0.4) is 0 Å². The molecule has 1 N–H and O–H groups in total. The molecule has 25 heavy (non-hydrogen) atoms. The number of nitrogens with zero attached hydrogens (tertiary/aromatic N) is 1. The van der Waals surface area contributed by atoms with Crippen LogP contribution in [0.5, 0.6) is 0 Å². The number of amides is 2. The largest absolute Gasteiger partial charge is 0.280 e. The maximum atomic E-state index is 12.6. The van der Waals surface area contributed by atoms with Crippen molar-refractivity contribution in [3.63, 3.8) is 0 Å².